The Morgan fingerprint density at radius 3 is 2.09 bits per heavy atom. The summed E-state index contributed by atoms with van der Waals surface area (Å²) in [4.78, 5) is 58.4. The van der Waals surface area contributed by atoms with E-state index in [1.54, 1.807) is 0 Å². The lowest BCUT2D eigenvalue weighted by atomic mass is 10.0. The number of nitrogens with one attached hydrogen (secondary N) is 3. The first-order valence-electron chi connectivity index (χ1n) is 9.44. The quantitative estimate of drug-likeness (QED) is 0.163. The Morgan fingerprint density at radius 1 is 1.00 bits per heavy atom. The Kier molecular flexibility index (Phi) is 10.1. The topological polar surface area (TPSA) is 228 Å². The van der Waals surface area contributed by atoms with Crippen LogP contribution in [0.25, 0.3) is 0 Å². The van der Waals surface area contributed by atoms with Crippen LogP contribution in [0.3, 0.4) is 0 Å². The molecule has 0 radical (unpaired) electrons. The molecule has 4 unspecified atom stereocenters. The third-order valence-corrected chi connectivity index (χ3v) is 4.23. The number of nitrogens with two attached hydrogens (primary N) is 1. The van der Waals surface area contributed by atoms with Crippen LogP contribution >= 0.6 is 0 Å². The van der Waals surface area contributed by atoms with Gasteiger partial charge in [-0.25, -0.2) is 4.79 Å². The molecule has 0 saturated carbocycles. The highest BCUT2D eigenvalue weighted by atomic mass is 16.4. The van der Waals surface area contributed by atoms with Gasteiger partial charge in [-0.15, -0.1) is 0 Å². The fraction of sp³-hybridized carbons (Fsp3) is 0.421. The fourth-order valence-corrected chi connectivity index (χ4v) is 2.54. The molecule has 176 valence electrons. The molecule has 0 fully saturated rings. The van der Waals surface area contributed by atoms with Crippen molar-refractivity contribution >= 4 is 29.7 Å². The Hall–Kier alpha value is -3.71. The predicted octanol–water partition coefficient (Wildman–Crippen LogP) is -2.71. The lowest BCUT2D eigenvalue weighted by molar-refractivity contribution is -0.145. The Labute approximate surface area is 182 Å². The van der Waals surface area contributed by atoms with Gasteiger partial charge in [0, 0.05) is 6.42 Å². The van der Waals surface area contributed by atoms with Gasteiger partial charge in [-0.3, -0.25) is 19.2 Å². The average Bonchev–Trinajstić information content (AvgIpc) is 2.70. The first-order valence-corrected chi connectivity index (χ1v) is 9.44. The van der Waals surface area contributed by atoms with E-state index >= 15 is 0 Å². The zero-order chi connectivity index (χ0) is 24.4. The fourth-order valence-electron chi connectivity index (χ4n) is 2.54. The molecule has 4 atom stereocenters. The predicted molar refractivity (Wildman–Crippen MR) is 108 cm³/mol. The molecule has 13 heteroatoms. The van der Waals surface area contributed by atoms with E-state index in [1.165, 1.54) is 31.2 Å². The van der Waals surface area contributed by atoms with Crippen LogP contribution in [0.15, 0.2) is 24.3 Å². The summed E-state index contributed by atoms with van der Waals surface area (Å²) in [5.41, 5.74) is 5.90. The first kappa shape index (κ1) is 26.3. The number of carbonyl (C=O) groups is 5. The van der Waals surface area contributed by atoms with Gasteiger partial charge in [0.15, 0.2) is 6.04 Å². The molecule has 0 aliphatic rings. The van der Waals surface area contributed by atoms with Gasteiger partial charge >= 0.3 is 11.9 Å². The standard InChI is InChI=1S/C19H26N4O9/c1-9(24)16(19(31)32)23-18(30)13(6-10-2-4-11(25)5-3-10)22-14(26)8-21-17(29)12(20)7-15(27)28/h2-5,9,12-13,16,24-25H,6-8,20H2,1H3,(H,21,29)(H,22,26)(H,23,30)(H,27,28)(H,31,32). The molecule has 0 aliphatic heterocycles. The molecule has 0 spiro atoms. The second-order valence-corrected chi connectivity index (χ2v) is 6.98. The number of phenols is 1. The van der Waals surface area contributed by atoms with Crippen molar-refractivity contribution < 1.29 is 44.4 Å². The van der Waals surface area contributed by atoms with Gasteiger partial charge in [0.25, 0.3) is 0 Å². The first-order chi connectivity index (χ1) is 14.9. The Bertz CT molecular complexity index is 842. The second-order valence-electron chi connectivity index (χ2n) is 6.98. The van der Waals surface area contributed by atoms with Crippen LogP contribution in [0.2, 0.25) is 0 Å². The van der Waals surface area contributed by atoms with E-state index < -0.39 is 66.9 Å². The summed E-state index contributed by atoms with van der Waals surface area (Å²) < 4.78 is 0. The van der Waals surface area contributed by atoms with Crippen LogP contribution in [-0.4, -0.2) is 80.9 Å². The highest BCUT2D eigenvalue weighted by Crippen LogP contribution is 2.12. The van der Waals surface area contributed by atoms with Crippen LogP contribution in [0.4, 0.5) is 0 Å². The van der Waals surface area contributed by atoms with Gasteiger partial charge in [0.1, 0.15) is 11.8 Å². The van der Waals surface area contributed by atoms with E-state index in [2.05, 4.69) is 16.0 Å². The molecule has 13 nitrogen and oxygen atoms in total. The second kappa shape index (κ2) is 12.2. The van der Waals surface area contributed by atoms with Crippen LogP contribution in [0.1, 0.15) is 18.9 Å². The third-order valence-electron chi connectivity index (χ3n) is 4.23. The normalized spacial score (nSPS) is 14.3. The molecule has 32 heavy (non-hydrogen) atoms. The molecule has 0 heterocycles. The minimum atomic E-state index is -1.63. The van der Waals surface area contributed by atoms with E-state index in [0.29, 0.717) is 5.56 Å². The number of aliphatic hydroxyl groups excluding tert-OH is 1. The number of hydrogen-bond donors (Lipinski definition) is 8. The summed E-state index contributed by atoms with van der Waals surface area (Å²) in [6.07, 6.45) is -2.16. The van der Waals surface area contributed by atoms with E-state index in [0.717, 1.165) is 0 Å². The molecular weight excluding hydrogens is 428 g/mol. The monoisotopic (exact) mass is 454 g/mol. The van der Waals surface area contributed by atoms with E-state index in [-0.39, 0.29) is 12.2 Å². The Morgan fingerprint density at radius 2 is 1.59 bits per heavy atom. The number of carboxylic acid groups (broad SMARTS) is 2. The van der Waals surface area contributed by atoms with E-state index in [4.69, 9.17) is 15.9 Å². The lowest BCUT2D eigenvalue weighted by Crippen LogP contribution is -2.56. The molecule has 0 aromatic heterocycles. The van der Waals surface area contributed by atoms with Crippen molar-refractivity contribution in [1.29, 1.82) is 0 Å². The lowest BCUT2D eigenvalue weighted by Gasteiger charge is -2.23. The maximum Gasteiger partial charge on any atom is 0.328 e. The third kappa shape index (κ3) is 8.97. The zero-order valence-corrected chi connectivity index (χ0v) is 17.1. The number of carbonyl (C=O) groups excluding carboxylic acids is 3. The summed E-state index contributed by atoms with van der Waals surface area (Å²) in [6, 6.07) is 1.37. The number of rotatable bonds is 12. The summed E-state index contributed by atoms with van der Waals surface area (Å²) >= 11 is 0. The zero-order valence-electron chi connectivity index (χ0n) is 17.1. The van der Waals surface area contributed by atoms with Gasteiger partial charge in [-0.05, 0) is 24.6 Å². The van der Waals surface area contributed by atoms with Crippen molar-refractivity contribution in [3.05, 3.63) is 29.8 Å². The van der Waals surface area contributed by atoms with Gasteiger partial charge < -0.3 is 42.1 Å². The molecule has 9 N–H and O–H groups in total. The molecule has 0 saturated heterocycles. The molecule has 1 rings (SSSR count). The SMILES string of the molecule is CC(O)C(NC(=O)C(Cc1ccc(O)cc1)NC(=O)CNC(=O)C(N)CC(=O)O)C(=O)O. The van der Waals surface area contributed by atoms with Crippen molar-refractivity contribution in [1.82, 2.24) is 16.0 Å². The highest BCUT2D eigenvalue weighted by molar-refractivity contribution is 5.93. The molecule has 1 aromatic rings. The number of amides is 3. The summed E-state index contributed by atoms with van der Waals surface area (Å²) in [6.45, 7) is 0.548. The number of hydrogen-bond acceptors (Lipinski definition) is 8. The van der Waals surface area contributed by atoms with Crippen molar-refractivity contribution in [2.24, 2.45) is 5.73 Å². The maximum absolute atomic E-state index is 12.6. The summed E-state index contributed by atoms with van der Waals surface area (Å²) in [7, 11) is 0. The van der Waals surface area contributed by atoms with Gasteiger partial charge in [-0.1, -0.05) is 12.1 Å². The number of benzene rings is 1. The number of aliphatic carboxylic acids is 2. The summed E-state index contributed by atoms with van der Waals surface area (Å²) in [5, 5.41) is 43.3. The Balaban J connectivity index is 2.87. The molecule has 0 bridgehead atoms. The van der Waals surface area contributed by atoms with Gasteiger partial charge in [0.2, 0.25) is 17.7 Å². The number of phenolic OH excluding ortho intramolecular Hbond substituents is 1. The molecule has 0 aliphatic carbocycles. The average molecular weight is 454 g/mol. The van der Waals surface area contributed by atoms with Crippen molar-refractivity contribution in [2.75, 3.05) is 6.54 Å². The minimum Gasteiger partial charge on any atom is -0.508 e. The van der Waals surface area contributed by atoms with Crippen molar-refractivity contribution in [3.63, 3.8) is 0 Å². The number of aliphatic hydroxyl groups is 1. The van der Waals surface area contributed by atoms with Gasteiger partial charge in [-0.2, -0.15) is 0 Å². The van der Waals surface area contributed by atoms with E-state index in [9.17, 15) is 34.2 Å². The van der Waals surface area contributed by atoms with Crippen LogP contribution in [-0.2, 0) is 30.4 Å². The van der Waals surface area contributed by atoms with Crippen molar-refractivity contribution in [2.45, 2.75) is 44.0 Å². The molecular formula is C19H26N4O9. The number of aromatic hydroxyl groups is 1. The van der Waals surface area contributed by atoms with Crippen LogP contribution in [0, 0.1) is 0 Å². The van der Waals surface area contributed by atoms with Crippen molar-refractivity contribution in [3.8, 4) is 5.75 Å². The maximum atomic E-state index is 12.6. The van der Waals surface area contributed by atoms with Crippen LogP contribution < -0.4 is 21.7 Å². The smallest absolute Gasteiger partial charge is 0.328 e. The molecule has 3 amide bonds. The number of carboxylic acids is 2. The minimum absolute atomic E-state index is 0.0285. The van der Waals surface area contributed by atoms with Crippen LogP contribution in [0.5, 0.6) is 5.75 Å². The van der Waals surface area contributed by atoms with Gasteiger partial charge in [0.05, 0.1) is 25.1 Å². The largest absolute Gasteiger partial charge is 0.508 e. The van der Waals surface area contributed by atoms with E-state index in [1.807, 2.05) is 0 Å². The highest BCUT2D eigenvalue weighted by Gasteiger charge is 2.30. The molecule has 1 aromatic carbocycles. The summed E-state index contributed by atoms with van der Waals surface area (Å²) in [5.74, 6) is -5.43.